The Balaban J connectivity index is 1.19. The summed E-state index contributed by atoms with van der Waals surface area (Å²) in [4.78, 5) is 42.3. The molecule has 0 radical (unpaired) electrons. The average molecular weight is 619 g/mol. The van der Waals surface area contributed by atoms with Crippen molar-refractivity contribution in [3.63, 3.8) is 0 Å². The van der Waals surface area contributed by atoms with Gasteiger partial charge in [-0.25, -0.2) is 9.91 Å². The van der Waals surface area contributed by atoms with Crippen molar-refractivity contribution < 1.29 is 23.9 Å². The van der Waals surface area contributed by atoms with Crippen LogP contribution < -0.4 is 14.4 Å². The minimum Gasteiger partial charge on any atom is -0.497 e. The summed E-state index contributed by atoms with van der Waals surface area (Å²) < 4.78 is 10.7. The van der Waals surface area contributed by atoms with Crippen LogP contribution in [0.15, 0.2) is 93.8 Å². The first kappa shape index (κ1) is 29.4. The van der Waals surface area contributed by atoms with Gasteiger partial charge in [-0.05, 0) is 84.9 Å². The molecule has 0 bridgehead atoms. The van der Waals surface area contributed by atoms with Gasteiger partial charge in [0.05, 0.1) is 31.7 Å². The number of amides is 3. The molecule has 1 saturated heterocycles. The van der Waals surface area contributed by atoms with Gasteiger partial charge in [0.1, 0.15) is 18.0 Å². The van der Waals surface area contributed by atoms with E-state index in [0.29, 0.717) is 5.69 Å². The Hall–Kier alpha value is -5.32. The number of anilines is 1. The first-order valence-electron chi connectivity index (χ1n) is 15.4. The smallest absolute Gasteiger partial charge is 0.264 e. The number of hydrogen-bond donors (Lipinski definition) is 0. The molecule has 7 rings (SSSR count). The van der Waals surface area contributed by atoms with Gasteiger partial charge in [0.15, 0.2) is 12.1 Å². The number of fused-ring (bicyclic) bond motifs is 2. The fourth-order valence-electron chi connectivity index (χ4n) is 6.86. The van der Waals surface area contributed by atoms with Crippen molar-refractivity contribution in [3.8, 4) is 11.5 Å². The molecular weight excluding hydrogens is 584 g/mol. The Morgan fingerprint density at radius 2 is 1.61 bits per heavy atom. The maximum atomic E-state index is 14.2. The topological polar surface area (TPSA) is 116 Å². The summed E-state index contributed by atoms with van der Waals surface area (Å²) in [6.07, 6.45) is 4.79. The number of methoxy groups -OCH3 is 2. The highest BCUT2D eigenvalue weighted by atomic mass is 16.5. The highest BCUT2D eigenvalue weighted by molar-refractivity contribution is 6.25. The van der Waals surface area contributed by atoms with Crippen molar-refractivity contribution in [2.45, 2.75) is 44.3 Å². The molecule has 234 valence electrons. The lowest BCUT2D eigenvalue weighted by Crippen LogP contribution is -2.45. The minimum absolute atomic E-state index is 0.0187. The molecule has 0 aromatic heterocycles. The van der Waals surface area contributed by atoms with Crippen LogP contribution in [0.3, 0.4) is 0 Å². The second-order valence-corrected chi connectivity index (χ2v) is 11.9. The Bertz CT molecular complexity index is 1780. The maximum absolute atomic E-state index is 14.2. The molecule has 3 aliphatic heterocycles. The van der Waals surface area contributed by atoms with Crippen molar-refractivity contribution >= 4 is 35.2 Å². The zero-order valence-electron chi connectivity index (χ0n) is 25.9. The molecule has 3 heterocycles. The van der Waals surface area contributed by atoms with Gasteiger partial charge in [0.25, 0.3) is 17.7 Å². The van der Waals surface area contributed by atoms with Crippen molar-refractivity contribution in [1.82, 2.24) is 10.0 Å². The van der Waals surface area contributed by atoms with Crippen LogP contribution in [0.2, 0.25) is 0 Å². The third kappa shape index (κ3) is 5.01. The lowest BCUT2D eigenvalue weighted by atomic mass is 9.77. The molecule has 3 amide bonds. The van der Waals surface area contributed by atoms with Crippen molar-refractivity contribution in [3.05, 3.63) is 95.1 Å². The molecule has 0 spiro atoms. The van der Waals surface area contributed by atoms with Crippen molar-refractivity contribution in [1.29, 1.82) is 0 Å². The number of aryl methyl sites for hydroxylation is 1. The number of carbonyl (C=O) groups excluding carboxylic acids is 3. The lowest BCUT2D eigenvalue weighted by molar-refractivity contribution is -0.136. The van der Waals surface area contributed by atoms with Gasteiger partial charge in [0.2, 0.25) is 0 Å². The normalized spacial score (nSPS) is 24.4. The monoisotopic (exact) mass is 618 g/mol. The van der Waals surface area contributed by atoms with Crippen LogP contribution in [0, 0.1) is 12.8 Å². The van der Waals surface area contributed by atoms with E-state index in [1.54, 1.807) is 26.4 Å². The first-order valence-corrected chi connectivity index (χ1v) is 15.4. The SMILES string of the molecule is COc1ccc(/C=C2\CCC[C@@H]3C2=NN(C(=O)CN2N=N[C@@H]4C(=O)N(c5ccccc5C)C(=O)[C@@H]42)[C@H]3c2ccc(OC)cc2)cc1. The maximum Gasteiger partial charge on any atom is 0.264 e. The third-order valence-electron chi connectivity index (χ3n) is 9.18. The summed E-state index contributed by atoms with van der Waals surface area (Å²) in [6, 6.07) is 20.4. The van der Waals surface area contributed by atoms with Crippen LogP contribution in [0.1, 0.15) is 42.0 Å². The number of hydrazone groups is 1. The number of para-hydroxylation sites is 1. The Morgan fingerprint density at radius 1 is 0.913 bits per heavy atom. The van der Waals surface area contributed by atoms with Crippen LogP contribution in [0.5, 0.6) is 11.5 Å². The number of rotatable bonds is 7. The quantitative estimate of drug-likeness (QED) is 0.339. The molecule has 4 aliphatic rings. The van der Waals surface area contributed by atoms with Crippen LogP contribution in [-0.4, -0.2) is 66.3 Å². The summed E-state index contributed by atoms with van der Waals surface area (Å²) in [7, 11) is 3.26. The molecule has 1 saturated carbocycles. The van der Waals surface area contributed by atoms with E-state index in [2.05, 4.69) is 16.4 Å². The van der Waals surface area contributed by atoms with E-state index in [1.165, 1.54) is 14.9 Å². The van der Waals surface area contributed by atoms with Gasteiger partial charge in [-0.2, -0.15) is 10.2 Å². The van der Waals surface area contributed by atoms with E-state index < -0.39 is 23.9 Å². The minimum atomic E-state index is -0.996. The average Bonchev–Trinajstić information content (AvgIpc) is 3.75. The summed E-state index contributed by atoms with van der Waals surface area (Å²) in [5.41, 5.74) is 5.23. The summed E-state index contributed by atoms with van der Waals surface area (Å²) >= 11 is 0. The molecule has 0 unspecified atom stereocenters. The van der Waals surface area contributed by atoms with Crippen molar-refractivity contribution in [2.75, 3.05) is 25.7 Å². The standard InChI is InChI=1S/C35H34N6O5/c1-21-7-4-5-10-28(21)40-34(43)31-33(35(40)44)39(38-36-31)20-29(42)41-32(23-13-17-26(46-3)18-14-23)27-9-6-8-24(30(27)37-41)19-22-11-15-25(45-2)16-12-22/h4-5,7,10-19,27,31-33H,6,8-9,20H2,1-3H3/b24-19+/t27-,31+,32+,33-/m1/s1. The summed E-state index contributed by atoms with van der Waals surface area (Å²) in [6.45, 7) is 1.59. The molecule has 11 heteroatoms. The Labute approximate surface area is 266 Å². The first-order chi connectivity index (χ1) is 22.4. The van der Waals surface area contributed by atoms with E-state index in [1.807, 2.05) is 67.6 Å². The Morgan fingerprint density at radius 3 is 2.30 bits per heavy atom. The largest absolute Gasteiger partial charge is 0.497 e. The van der Waals surface area contributed by atoms with E-state index in [-0.39, 0.29) is 24.4 Å². The van der Waals surface area contributed by atoms with Gasteiger partial charge in [0, 0.05) is 5.92 Å². The highest BCUT2D eigenvalue weighted by Crippen LogP contribution is 2.45. The van der Waals surface area contributed by atoms with Crippen LogP contribution in [0.4, 0.5) is 5.69 Å². The summed E-state index contributed by atoms with van der Waals surface area (Å²) in [5.74, 6) is 0.259. The molecular formula is C35H34N6O5. The second kappa shape index (κ2) is 11.9. The number of carbonyl (C=O) groups is 3. The number of nitrogens with zero attached hydrogens (tertiary/aromatic N) is 6. The molecule has 3 aromatic carbocycles. The molecule has 2 fully saturated rings. The predicted molar refractivity (Wildman–Crippen MR) is 171 cm³/mol. The van der Waals surface area contributed by atoms with E-state index in [4.69, 9.17) is 14.6 Å². The molecule has 4 atom stereocenters. The third-order valence-corrected chi connectivity index (χ3v) is 9.18. The number of hydrogen-bond acceptors (Lipinski definition) is 9. The summed E-state index contributed by atoms with van der Waals surface area (Å²) in [5, 5.41) is 16.1. The zero-order chi connectivity index (χ0) is 31.9. The number of imide groups is 1. The fraction of sp³-hybridized carbons (Fsp3) is 0.314. The van der Waals surface area contributed by atoms with Gasteiger partial charge in [-0.1, -0.05) is 47.7 Å². The number of ether oxygens (including phenoxy) is 2. The predicted octanol–water partition coefficient (Wildman–Crippen LogP) is 5.13. The van der Waals surface area contributed by atoms with Gasteiger partial charge in [-0.15, -0.1) is 0 Å². The number of benzene rings is 3. The van der Waals surface area contributed by atoms with Crippen molar-refractivity contribution in [2.24, 2.45) is 21.4 Å². The lowest BCUT2D eigenvalue weighted by Gasteiger charge is -2.30. The Kier molecular flexibility index (Phi) is 7.59. The molecule has 1 aliphatic carbocycles. The van der Waals surface area contributed by atoms with Crippen LogP contribution in [-0.2, 0) is 14.4 Å². The van der Waals surface area contributed by atoms with Gasteiger partial charge < -0.3 is 9.47 Å². The van der Waals surface area contributed by atoms with Gasteiger partial charge >= 0.3 is 0 Å². The fourth-order valence-corrected chi connectivity index (χ4v) is 6.86. The van der Waals surface area contributed by atoms with E-state index in [9.17, 15) is 14.4 Å². The number of allylic oxidation sites excluding steroid dienone is 1. The second-order valence-electron chi connectivity index (χ2n) is 11.9. The van der Waals surface area contributed by atoms with Crippen LogP contribution >= 0.6 is 0 Å². The molecule has 11 nitrogen and oxygen atoms in total. The zero-order valence-corrected chi connectivity index (χ0v) is 25.9. The molecule has 0 N–H and O–H groups in total. The van der Waals surface area contributed by atoms with E-state index >= 15 is 0 Å². The highest BCUT2D eigenvalue weighted by Gasteiger charge is 2.56. The molecule has 3 aromatic rings. The molecule has 46 heavy (non-hydrogen) atoms. The van der Waals surface area contributed by atoms with E-state index in [0.717, 1.165) is 58.7 Å². The van der Waals surface area contributed by atoms with Crippen LogP contribution in [0.25, 0.3) is 6.08 Å². The van der Waals surface area contributed by atoms with Gasteiger partial charge in [-0.3, -0.25) is 19.4 Å².